The number of hydrogen-bond donors (Lipinski definition) is 2. The van der Waals surface area contributed by atoms with Crippen molar-refractivity contribution in [2.24, 2.45) is 14.1 Å². The summed E-state index contributed by atoms with van der Waals surface area (Å²) < 4.78 is 18.5. The zero-order chi connectivity index (χ0) is 34.7. The molecular formula is C33H47N11O4Si. The number of rotatable bonds is 14. The number of aliphatic hydroxyl groups is 1. The van der Waals surface area contributed by atoms with E-state index in [-0.39, 0.29) is 24.8 Å². The second-order valence-corrected chi connectivity index (χ2v) is 19.5. The van der Waals surface area contributed by atoms with Gasteiger partial charge in [0, 0.05) is 73.3 Å². The monoisotopic (exact) mass is 689 g/mol. The van der Waals surface area contributed by atoms with Crippen LogP contribution in [-0.2, 0) is 36.8 Å². The van der Waals surface area contributed by atoms with Crippen molar-refractivity contribution in [1.82, 2.24) is 48.4 Å². The number of hydrogen-bond acceptors (Lipinski definition) is 11. The van der Waals surface area contributed by atoms with Crippen LogP contribution in [0.2, 0.25) is 25.7 Å². The molecule has 1 aliphatic heterocycles. The third-order valence-electron chi connectivity index (χ3n) is 8.82. The molecule has 49 heavy (non-hydrogen) atoms. The first kappa shape index (κ1) is 34.6. The minimum atomic E-state index is -1.22. The number of aryl methyl sites for hydroxylation is 1. The number of morpholine rings is 1. The van der Waals surface area contributed by atoms with Crippen LogP contribution in [0.4, 0.5) is 11.6 Å². The van der Waals surface area contributed by atoms with Gasteiger partial charge in [-0.25, -0.2) is 19.9 Å². The third-order valence-corrected chi connectivity index (χ3v) is 10.5. The summed E-state index contributed by atoms with van der Waals surface area (Å²) in [6, 6.07) is 4.87. The van der Waals surface area contributed by atoms with Crippen molar-refractivity contribution in [3.8, 4) is 22.8 Å². The molecule has 6 rings (SSSR count). The van der Waals surface area contributed by atoms with Gasteiger partial charge in [0.15, 0.2) is 5.82 Å². The Morgan fingerprint density at radius 3 is 2.65 bits per heavy atom. The van der Waals surface area contributed by atoms with E-state index < -0.39 is 8.07 Å². The van der Waals surface area contributed by atoms with Gasteiger partial charge in [-0.3, -0.25) is 28.1 Å². The molecule has 0 unspecified atom stereocenters. The molecule has 0 aliphatic carbocycles. The SMILES string of the molecule is C[C@@H](CCO)c1nc(-c2cc(CN3CCOCC3)n(C)n2)c2cnc(Nc3ccnc(-c4cn(COCC[Si](C)(C)C)n(C)c4=O)n3)cn12. The van der Waals surface area contributed by atoms with E-state index in [1.807, 2.05) is 29.3 Å². The van der Waals surface area contributed by atoms with Crippen LogP contribution < -0.4 is 10.9 Å². The molecule has 15 nitrogen and oxygen atoms in total. The van der Waals surface area contributed by atoms with Crippen molar-refractivity contribution in [2.75, 3.05) is 44.8 Å². The zero-order valence-corrected chi connectivity index (χ0v) is 30.3. The van der Waals surface area contributed by atoms with Crippen LogP contribution in [0.25, 0.3) is 28.3 Å². The summed E-state index contributed by atoms with van der Waals surface area (Å²) in [6.45, 7) is 14.0. The van der Waals surface area contributed by atoms with Crippen LogP contribution in [0.1, 0.15) is 30.8 Å². The number of ether oxygens (including phenoxy) is 2. The van der Waals surface area contributed by atoms with Crippen LogP contribution in [-0.4, -0.2) is 101 Å². The molecule has 0 spiro atoms. The van der Waals surface area contributed by atoms with E-state index in [0.717, 1.165) is 67.3 Å². The summed E-state index contributed by atoms with van der Waals surface area (Å²) in [5, 5.41) is 17.8. The molecule has 1 saturated heterocycles. The van der Waals surface area contributed by atoms with Gasteiger partial charge in [-0.05, 0) is 24.6 Å². The molecule has 0 aromatic carbocycles. The second-order valence-electron chi connectivity index (χ2n) is 13.8. The Hall–Kier alpha value is -4.22. The van der Waals surface area contributed by atoms with Gasteiger partial charge in [-0.15, -0.1) is 0 Å². The van der Waals surface area contributed by atoms with Crippen LogP contribution in [0.5, 0.6) is 0 Å². The number of aromatic nitrogens is 9. The van der Waals surface area contributed by atoms with Crippen molar-refractivity contribution in [3.05, 3.63) is 58.8 Å². The molecule has 2 N–H and O–H groups in total. The molecule has 6 heterocycles. The highest BCUT2D eigenvalue weighted by molar-refractivity contribution is 6.76. The minimum absolute atomic E-state index is 0.0246. The van der Waals surface area contributed by atoms with E-state index >= 15 is 0 Å². The fourth-order valence-electron chi connectivity index (χ4n) is 5.77. The zero-order valence-electron chi connectivity index (χ0n) is 29.3. The van der Waals surface area contributed by atoms with E-state index in [4.69, 9.17) is 24.5 Å². The highest BCUT2D eigenvalue weighted by Crippen LogP contribution is 2.30. The summed E-state index contributed by atoms with van der Waals surface area (Å²) in [5.74, 6) is 2.10. The normalized spacial score (nSPS) is 14.9. The largest absolute Gasteiger partial charge is 0.396 e. The molecule has 5 aromatic heterocycles. The molecule has 5 aromatic rings. The third kappa shape index (κ3) is 7.99. The van der Waals surface area contributed by atoms with Crippen molar-refractivity contribution in [3.63, 3.8) is 0 Å². The van der Waals surface area contributed by atoms with E-state index in [1.165, 1.54) is 4.68 Å². The predicted octanol–water partition coefficient (Wildman–Crippen LogP) is 3.46. The van der Waals surface area contributed by atoms with Crippen molar-refractivity contribution in [2.45, 2.75) is 58.2 Å². The van der Waals surface area contributed by atoms with Gasteiger partial charge in [0.1, 0.15) is 41.1 Å². The first-order valence-electron chi connectivity index (χ1n) is 16.8. The molecule has 0 radical (unpaired) electrons. The van der Waals surface area contributed by atoms with E-state index in [1.54, 1.807) is 36.4 Å². The smallest absolute Gasteiger partial charge is 0.277 e. The lowest BCUT2D eigenvalue weighted by molar-refractivity contribution is 0.0331. The van der Waals surface area contributed by atoms with Crippen molar-refractivity contribution >= 4 is 25.2 Å². The standard InChI is InChI=1S/C33H47N11O4Si/c1-23(8-12-45)32-38-30(26-17-24(40(2)39-26)19-42-10-13-47-14-11-42)27-18-35-29(21-44(27)32)36-28-7-9-34-31(37-28)25-20-43(41(3)33(25)46)22-48-15-16-49(4,5)6/h7,9,17-18,20-21,23,45H,8,10-16,19,22H2,1-6H3,(H,34,36,37)/t23-/m0/s1. The first-order valence-corrected chi connectivity index (χ1v) is 20.5. The highest BCUT2D eigenvalue weighted by atomic mass is 28.3. The summed E-state index contributed by atoms with van der Waals surface area (Å²) >= 11 is 0. The molecule has 16 heteroatoms. The molecule has 1 fully saturated rings. The number of imidazole rings is 1. The van der Waals surface area contributed by atoms with Gasteiger partial charge in [0.05, 0.1) is 36.8 Å². The number of nitrogens with zero attached hydrogens (tertiary/aromatic N) is 10. The predicted molar refractivity (Wildman–Crippen MR) is 189 cm³/mol. The van der Waals surface area contributed by atoms with Gasteiger partial charge < -0.3 is 19.9 Å². The molecule has 0 bridgehead atoms. The van der Waals surface area contributed by atoms with Crippen molar-refractivity contribution < 1.29 is 14.6 Å². The molecular weight excluding hydrogens is 643 g/mol. The molecule has 262 valence electrons. The Bertz CT molecular complexity index is 1950. The first-order chi connectivity index (χ1) is 23.5. The van der Waals surface area contributed by atoms with E-state index in [0.29, 0.717) is 36.1 Å². The van der Waals surface area contributed by atoms with Crippen LogP contribution >= 0.6 is 0 Å². The summed E-state index contributed by atoms with van der Waals surface area (Å²) in [6.07, 6.45) is 7.55. The number of fused-ring (bicyclic) bond motifs is 1. The fourth-order valence-corrected chi connectivity index (χ4v) is 6.53. The topological polar surface area (TPSA) is 155 Å². The van der Waals surface area contributed by atoms with E-state index in [2.05, 4.69) is 45.9 Å². The Morgan fingerprint density at radius 2 is 1.90 bits per heavy atom. The maximum absolute atomic E-state index is 13.1. The van der Waals surface area contributed by atoms with Gasteiger partial charge in [0.2, 0.25) is 0 Å². The fraction of sp³-hybridized carbons (Fsp3) is 0.515. The lowest BCUT2D eigenvalue weighted by Gasteiger charge is -2.26. The summed E-state index contributed by atoms with van der Waals surface area (Å²) in [5.41, 5.74) is 3.57. The Labute approximate surface area is 286 Å². The number of nitrogens with one attached hydrogen (secondary N) is 1. The Balaban J connectivity index is 1.25. The van der Waals surface area contributed by atoms with Crippen LogP contribution in [0.3, 0.4) is 0 Å². The summed E-state index contributed by atoms with van der Waals surface area (Å²) in [7, 11) is 2.45. The van der Waals surface area contributed by atoms with Gasteiger partial charge >= 0.3 is 0 Å². The molecule has 1 aliphatic rings. The Kier molecular flexibility index (Phi) is 10.4. The van der Waals surface area contributed by atoms with E-state index in [9.17, 15) is 9.90 Å². The number of aliphatic hydroxyl groups excluding tert-OH is 1. The minimum Gasteiger partial charge on any atom is -0.396 e. The quantitative estimate of drug-likeness (QED) is 0.130. The maximum Gasteiger partial charge on any atom is 0.277 e. The van der Waals surface area contributed by atoms with Crippen LogP contribution in [0, 0.1) is 0 Å². The number of anilines is 2. The Morgan fingerprint density at radius 1 is 1.10 bits per heavy atom. The lowest BCUT2D eigenvalue weighted by atomic mass is 10.1. The maximum atomic E-state index is 13.1. The van der Waals surface area contributed by atoms with Crippen molar-refractivity contribution in [1.29, 1.82) is 0 Å². The highest BCUT2D eigenvalue weighted by Gasteiger charge is 2.22. The average molecular weight is 690 g/mol. The molecule has 0 amide bonds. The van der Waals surface area contributed by atoms with Gasteiger partial charge in [0.25, 0.3) is 5.56 Å². The average Bonchev–Trinajstić information content (AvgIpc) is 3.72. The molecule has 0 saturated carbocycles. The van der Waals surface area contributed by atoms with Crippen LogP contribution in [0.15, 0.2) is 41.7 Å². The lowest BCUT2D eigenvalue weighted by Crippen LogP contribution is -2.36. The molecule has 1 atom stereocenters. The van der Waals surface area contributed by atoms with Gasteiger partial charge in [-0.1, -0.05) is 26.6 Å². The summed E-state index contributed by atoms with van der Waals surface area (Å²) in [4.78, 5) is 34.3. The van der Waals surface area contributed by atoms with Gasteiger partial charge in [-0.2, -0.15) is 5.10 Å². The second kappa shape index (κ2) is 14.7.